The summed E-state index contributed by atoms with van der Waals surface area (Å²) in [4.78, 5) is 32.5. The number of aryl methyl sites for hydroxylation is 1. The fourth-order valence-corrected chi connectivity index (χ4v) is 6.42. The van der Waals surface area contributed by atoms with Crippen molar-refractivity contribution in [2.75, 3.05) is 7.11 Å². The number of rotatable bonds is 5. The minimum atomic E-state index is -0.510. The molecule has 2 heterocycles. The van der Waals surface area contributed by atoms with E-state index in [2.05, 4.69) is 20.8 Å². The number of carbonyl (C=O) groups is 1. The van der Waals surface area contributed by atoms with E-state index in [9.17, 15) is 9.59 Å². The normalized spacial score (nSPS) is 17.2. The highest BCUT2D eigenvalue weighted by atomic mass is 32.2. The van der Waals surface area contributed by atoms with Crippen LogP contribution in [0.4, 0.5) is 0 Å². The Hall–Kier alpha value is -2.32. The summed E-state index contributed by atoms with van der Waals surface area (Å²) in [6, 6.07) is 7.30. The van der Waals surface area contributed by atoms with Crippen molar-refractivity contribution in [2.24, 2.45) is 17.1 Å². The van der Waals surface area contributed by atoms with E-state index in [1.807, 2.05) is 24.3 Å². The molecule has 0 fully saturated rings. The molecule has 1 aromatic carbocycles. The lowest BCUT2D eigenvalue weighted by atomic mass is 9.72. The molecule has 170 valence electrons. The molecule has 2 aromatic heterocycles. The third-order valence-corrected chi connectivity index (χ3v) is 8.51. The standard InChI is InChI=1S/C24H29N3O3S2/c1-13(20(25)28)31-23-26-21-19(17-11-6-14(24(2,3)4)12-18(17)32-21)22(29)27(23)15-7-9-16(30-5)10-8-15/h7-10,13-14H,6,11-12H2,1-5H3,(H2,25,28). The molecule has 2 unspecified atom stereocenters. The first-order valence-corrected chi connectivity index (χ1v) is 12.5. The quantitative estimate of drug-likeness (QED) is 0.435. The highest BCUT2D eigenvalue weighted by molar-refractivity contribution is 8.00. The number of amides is 1. The van der Waals surface area contributed by atoms with E-state index in [1.54, 1.807) is 29.9 Å². The van der Waals surface area contributed by atoms with E-state index in [0.29, 0.717) is 27.9 Å². The molecule has 1 amide bonds. The van der Waals surface area contributed by atoms with Gasteiger partial charge in [-0.15, -0.1) is 11.3 Å². The number of aromatic nitrogens is 2. The topological polar surface area (TPSA) is 87.2 Å². The number of thiophene rings is 1. The maximum atomic E-state index is 13.8. The van der Waals surface area contributed by atoms with Crippen LogP contribution >= 0.6 is 23.1 Å². The second kappa shape index (κ2) is 8.56. The number of hydrogen-bond acceptors (Lipinski definition) is 6. The van der Waals surface area contributed by atoms with Crippen LogP contribution in [0, 0.1) is 11.3 Å². The molecule has 0 aliphatic heterocycles. The van der Waals surface area contributed by atoms with Gasteiger partial charge in [-0.3, -0.25) is 14.2 Å². The monoisotopic (exact) mass is 471 g/mol. The first-order chi connectivity index (χ1) is 15.1. The molecule has 8 heteroatoms. The lowest BCUT2D eigenvalue weighted by Crippen LogP contribution is -2.28. The minimum absolute atomic E-state index is 0.0916. The van der Waals surface area contributed by atoms with Gasteiger partial charge < -0.3 is 10.5 Å². The second-order valence-electron chi connectivity index (χ2n) is 9.39. The van der Waals surface area contributed by atoms with Crippen molar-refractivity contribution in [1.29, 1.82) is 0 Å². The molecule has 0 saturated carbocycles. The SMILES string of the molecule is COc1ccc(-n2c(SC(C)C(N)=O)nc3sc4c(c3c2=O)CCC(C(C)(C)C)C4)cc1. The number of methoxy groups -OCH3 is 1. The molecule has 2 N–H and O–H groups in total. The molecule has 0 radical (unpaired) electrons. The molecule has 2 atom stereocenters. The summed E-state index contributed by atoms with van der Waals surface area (Å²) < 4.78 is 6.87. The zero-order valence-electron chi connectivity index (χ0n) is 19.1. The average molecular weight is 472 g/mol. The molecule has 1 aliphatic rings. The van der Waals surface area contributed by atoms with E-state index in [1.165, 1.54) is 16.6 Å². The average Bonchev–Trinajstić information content (AvgIpc) is 3.11. The van der Waals surface area contributed by atoms with Crippen LogP contribution in [0.5, 0.6) is 5.75 Å². The Morgan fingerprint density at radius 1 is 1.31 bits per heavy atom. The highest BCUT2D eigenvalue weighted by Crippen LogP contribution is 2.42. The Labute approximate surface area is 196 Å². The van der Waals surface area contributed by atoms with Gasteiger partial charge in [0.15, 0.2) is 5.16 Å². The van der Waals surface area contributed by atoms with Crippen molar-refractivity contribution in [1.82, 2.24) is 9.55 Å². The zero-order valence-corrected chi connectivity index (χ0v) is 20.7. The van der Waals surface area contributed by atoms with Crippen LogP contribution in [0.25, 0.3) is 15.9 Å². The summed E-state index contributed by atoms with van der Waals surface area (Å²) >= 11 is 2.83. The molecule has 0 saturated heterocycles. The van der Waals surface area contributed by atoms with Gasteiger partial charge in [0.05, 0.1) is 23.4 Å². The largest absolute Gasteiger partial charge is 0.497 e. The number of carbonyl (C=O) groups excluding carboxylic acids is 1. The van der Waals surface area contributed by atoms with Crippen molar-refractivity contribution in [3.63, 3.8) is 0 Å². The van der Waals surface area contributed by atoms with Crippen molar-refractivity contribution in [3.8, 4) is 11.4 Å². The Balaban J connectivity index is 1.90. The fraction of sp³-hybridized carbons (Fsp3) is 0.458. The summed E-state index contributed by atoms with van der Waals surface area (Å²) in [6.45, 7) is 8.58. The number of benzene rings is 1. The second-order valence-corrected chi connectivity index (χ2v) is 11.8. The zero-order chi connectivity index (χ0) is 23.2. The van der Waals surface area contributed by atoms with Gasteiger partial charge in [0, 0.05) is 4.88 Å². The maximum absolute atomic E-state index is 13.8. The van der Waals surface area contributed by atoms with Crippen molar-refractivity contribution >= 4 is 39.2 Å². The first-order valence-electron chi connectivity index (χ1n) is 10.8. The lowest BCUT2D eigenvalue weighted by Gasteiger charge is -2.33. The predicted octanol–water partition coefficient (Wildman–Crippen LogP) is 4.57. The van der Waals surface area contributed by atoms with Crippen LogP contribution in [-0.4, -0.2) is 27.8 Å². The van der Waals surface area contributed by atoms with Crippen LogP contribution in [0.15, 0.2) is 34.2 Å². The lowest BCUT2D eigenvalue weighted by molar-refractivity contribution is -0.117. The number of thioether (sulfide) groups is 1. The van der Waals surface area contributed by atoms with Gasteiger partial charge in [-0.2, -0.15) is 0 Å². The minimum Gasteiger partial charge on any atom is -0.497 e. The van der Waals surface area contributed by atoms with Gasteiger partial charge in [-0.1, -0.05) is 32.5 Å². The van der Waals surface area contributed by atoms with E-state index >= 15 is 0 Å². The Morgan fingerprint density at radius 3 is 2.59 bits per heavy atom. The molecule has 6 nitrogen and oxygen atoms in total. The third kappa shape index (κ3) is 4.18. The smallest absolute Gasteiger partial charge is 0.267 e. The van der Waals surface area contributed by atoms with Gasteiger partial charge in [0.25, 0.3) is 5.56 Å². The van der Waals surface area contributed by atoms with Crippen molar-refractivity contribution < 1.29 is 9.53 Å². The van der Waals surface area contributed by atoms with Gasteiger partial charge >= 0.3 is 0 Å². The van der Waals surface area contributed by atoms with Crippen LogP contribution < -0.4 is 16.0 Å². The van der Waals surface area contributed by atoms with Crippen molar-refractivity contribution in [2.45, 2.75) is 57.4 Å². The highest BCUT2D eigenvalue weighted by Gasteiger charge is 2.32. The van der Waals surface area contributed by atoms with Crippen LogP contribution in [0.1, 0.15) is 44.6 Å². The van der Waals surface area contributed by atoms with Gasteiger partial charge in [0.2, 0.25) is 5.91 Å². The molecule has 0 bridgehead atoms. The van der Waals surface area contributed by atoms with E-state index in [-0.39, 0.29) is 11.0 Å². The Morgan fingerprint density at radius 2 is 2.00 bits per heavy atom. The Bertz CT molecular complexity index is 1220. The number of primary amides is 1. The van der Waals surface area contributed by atoms with E-state index in [4.69, 9.17) is 15.5 Å². The molecule has 1 aliphatic carbocycles. The predicted molar refractivity (Wildman–Crippen MR) is 131 cm³/mol. The molecule has 4 rings (SSSR count). The summed E-state index contributed by atoms with van der Waals surface area (Å²) in [6.07, 6.45) is 2.93. The molecule has 32 heavy (non-hydrogen) atoms. The van der Waals surface area contributed by atoms with Crippen LogP contribution in [0.3, 0.4) is 0 Å². The number of hydrogen-bond donors (Lipinski definition) is 1. The Kier molecular flexibility index (Phi) is 6.11. The number of nitrogens with zero attached hydrogens (tertiary/aromatic N) is 2. The first kappa shape index (κ1) is 22.9. The van der Waals surface area contributed by atoms with Gasteiger partial charge in [-0.25, -0.2) is 4.98 Å². The van der Waals surface area contributed by atoms with Crippen LogP contribution in [-0.2, 0) is 17.6 Å². The van der Waals surface area contributed by atoms with Crippen molar-refractivity contribution in [3.05, 3.63) is 45.1 Å². The van der Waals surface area contributed by atoms with Crippen LogP contribution in [0.2, 0.25) is 0 Å². The van der Waals surface area contributed by atoms with Gasteiger partial charge in [0.1, 0.15) is 10.6 Å². The number of ether oxygens (including phenoxy) is 1. The number of fused-ring (bicyclic) bond motifs is 3. The number of nitrogens with two attached hydrogens (primary N) is 1. The molecular weight excluding hydrogens is 442 g/mol. The van der Waals surface area contributed by atoms with E-state index in [0.717, 1.165) is 29.7 Å². The summed E-state index contributed by atoms with van der Waals surface area (Å²) in [5.41, 5.74) is 7.47. The van der Waals surface area contributed by atoms with E-state index < -0.39 is 11.2 Å². The fourth-order valence-electron chi connectivity index (χ4n) is 4.20. The summed E-state index contributed by atoms with van der Waals surface area (Å²) in [5.74, 6) is 0.844. The van der Waals surface area contributed by atoms with Gasteiger partial charge in [-0.05, 0) is 67.3 Å². The molecule has 0 spiro atoms. The maximum Gasteiger partial charge on any atom is 0.267 e. The third-order valence-electron chi connectivity index (χ3n) is 6.29. The molecule has 3 aromatic rings. The summed E-state index contributed by atoms with van der Waals surface area (Å²) in [5, 5.41) is 0.679. The molecular formula is C24H29N3O3S2. The summed E-state index contributed by atoms with van der Waals surface area (Å²) in [7, 11) is 1.60.